The number of ketones is 1. The van der Waals surface area contributed by atoms with E-state index in [1.54, 1.807) is 13.0 Å². The van der Waals surface area contributed by atoms with Crippen molar-refractivity contribution >= 4 is 29.1 Å². The van der Waals surface area contributed by atoms with Gasteiger partial charge in [-0.05, 0) is 42.4 Å². The van der Waals surface area contributed by atoms with Crippen molar-refractivity contribution in [3.8, 4) is 5.75 Å². The zero-order valence-corrected chi connectivity index (χ0v) is 13.8. The number of thiocarbonyl (C=S) groups is 1. The maximum atomic E-state index is 12.1. The SMILES string of the molecule is C/C(=C\C=C\c1ccccc1)C(=O)CC(=S)Oc1ccccc1. The van der Waals surface area contributed by atoms with E-state index in [2.05, 4.69) is 0 Å². The fraction of sp³-hybridized carbons (Fsp3) is 0.100. The van der Waals surface area contributed by atoms with Gasteiger partial charge in [0.25, 0.3) is 0 Å². The number of benzene rings is 2. The van der Waals surface area contributed by atoms with Crippen LogP contribution in [0.5, 0.6) is 5.75 Å². The molecule has 0 fully saturated rings. The van der Waals surface area contributed by atoms with Crippen molar-refractivity contribution in [2.24, 2.45) is 0 Å². The summed E-state index contributed by atoms with van der Waals surface area (Å²) < 4.78 is 5.47. The predicted molar refractivity (Wildman–Crippen MR) is 98.5 cm³/mol. The third-order valence-electron chi connectivity index (χ3n) is 3.15. The van der Waals surface area contributed by atoms with Crippen molar-refractivity contribution in [3.05, 3.63) is 84.0 Å². The molecule has 23 heavy (non-hydrogen) atoms. The summed E-state index contributed by atoms with van der Waals surface area (Å²) in [5, 5.41) is 0.279. The molecule has 0 heterocycles. The van der Waals surface area contributed by atoms with Crippen LogP contribution in [0.4, 0.5) is 0 Å². The minimum Gasteiger partial charge on any atom is -0.450 e. The molecule has 0 aliphatic heterocycles. The summed E-state index contributed by atoms with van der Waals surface area (Å²) in [6.07, 6.45) is 5.71. The van der Waals surface area contributed by atoms with Gasteiger partial charge in [-0.1, -0.05) is 66.8 Å². The van der Waals surface area contributed by atoms with Crippen LogP contribution >= 0.6 is 12.2 Å². The number of hydrogen-bond donors (Lipinski definition) is 0. The molecule has 0 amide bonds. The Morgan fingerprint density at radius 1 is 1.04 bits per heavy atom. The second-order valence-electron chi connectivity index (χ2n) is 5.01. The topological polar surface area (TPSA) is 26.3 Å². The molecule has 2 aromatic rings. The number of carbonyl (C=O) groups excluding carboxylic acids is 1. The normalized spacial score (nSPS) is 11.4. The van der Waals surface area contributed by atoms with Gasteiger partial charge in [-0.3, -0.25) is 4.79 Å². The molecule has 0 saturated carbocycles. The van der Waals surface area contributed by atoms with Gasteiger partial charge in [0.1, 0.15) is 5.75 Å². The van der Waals surface area contributed by atoms with Crippen molar-refractivity contribution in [2.75, 3.05) is 0 Å². The third kappa shape index (κ3) is 6.01. The molecule has 0 spiro atoms. The van der Waals surface area contributed by atoms with Crippen LogP contribution in [0, 0.1) is 0 Å². The van der Waals surface area contributed by atoms with Crippen LogP contribution in [0.25, 0.3) is 6.08 Å². The lowest BCUT2D eigenvalue weighted by molar-refractivity contribution is -0.114. The summed E-state index contributed by atoms with van der Waals surface area (Å²) in [6, 6.07) is 19.2. The molecule has 2 nitrogen and oxygen atoms in total. The van der Waals surface area contributed by atoms with Gasteiger partial charge >= 0.3 is 0 Å². The summed E-state index contributed by atoms with van der Waals surface area (Å²) in [6.45, 7) is 1.78. The summed E-state index contributed by atoms with van der Waals surface area (Å²) in [5.41, 5.74) is 1.74. The van der Waals surface area contributed by atoms with E-state index < -0.39 is 0 Å². The first kappa shape index (κ1) is 16.8. The molecule has 0 bridgehead atoms. The van der Waals surface area contributed by atoms with Crippen molar-refractivity contribution in [1.29, 1.82) is 0 Å². The molecule has 0 saturated heterocycles. The monoisotopic (exact) mass is 322 g/mol. The first-order valence-electron chi connectivity index (χ1n) is 7.34. The summed E-state index contributed by atoms with van der Waals surface area (Å²) in [4.78, 5) is 12.1. The van der Waals surface area contributed by atoms with Gasteiger partial charge in [0.15, 0.2) is 10.8 Å². The van der Waals surface area contributed by atoms with Gasteiger partial charge in [-0.15, -0.1) is 0 Å². The smallest absolute Gasteiger partial charge is 0.175 e. The molecule has 116 valence electrons. The number of rotatable bonds is 6. The molecule has 0 radical (unpaired) electrons. The number of para-hydroxylation sites is 1. The van der Waals surface area contributed by atoms with Crippen molar-refractivity contribution < 1.29 is 9.53 Å². The first-order chi connectivity index (χ1) is 11.1. The van der Waals surface area contributed by atoms with E-state index in [1.807, 2.05) is 72.8 Å². The van der Waals surface area contributed by atoms with Crippen LogP contribution in [0.15, 0.2) is 78.4 Å². The molecule has 0 aliphatic carbocycles. The van der Waals surface area contributed by atoms with Crippen LogP contribution in [-0.4, -0.2) is 10.8 Å². The van der Waals surface area contributed by atoms with E-state index >= 15 is 0 Å². The van der Waals surface area contributed by atoms with Gasteiger partial charge in [0.05, 0.1) is 6.42 Å². The summed E-state index contributed by atoms with van der Waals surface area (Å²) in [7, 11) is 0. The lowest BCUT2D eigenvalue weighted by Gasteiger charge is -2.06. The Labute approximate surface area is 142 Å². The van der Waals surface area contributed by atoms with E-state index in [0.717, 1.165) is 5.56 Å². The number of carbonyl (C=O) groups is 1. The lowest BCUT2D eigenvalue weighted by atomic mass is 10.1. The Kier molecular flexibility index (Phi) is 6.45. The highest BCUT2D eigenvalue weighted by Crippen LogP contribution is 2.11. The van der Waals surface area contributed by atoms with Crippen molar-refractivity contribution in [2.45, 2.75) is 13.3 Å². The van der Waals surface area contributed by atoms with Crippen LogP contribution in [0.2, 0.25) is 0 Å². The predicted octanol–water partition coefficient (Wildman–Crippen LogP) is 5.01. The highest BCUT2D eigenvalue weighted by Gasteiger charge is 2.09. The number of Topliss-reactive ketones (excluding diaryl/α,β-unsaturated/α-hetero) is 1. The molecule has 0 N–H and O–H groups in total. The molecule has 2 aromatic carbocycles. The molecule has 0 atom stereocenters. The van der Waals surface area contributed by atoms with Gasteiger partial charge in [0.2, 0.25) is 0 Å². The van der Waals surface area contributed by atoms with E-state index in [9.17, 15) is 4.79 Å². The average molecular weight is 322 g/mol. The standard InChI is InChI=1S/C20H18O2S/c1-16(9-8-12-17-10-4-2-5-11-17)19(21)15-20(23)22-18-13-6-3-7-14-18/h2-14H,15H2,1H3/b12-8+,16-9+. The molecule has 0 aliphatic rings. The Morgan fingerprint density at radius 2 is 1.65 bits per heavy atom. The van der Waals surface area contributed by atoms with E-state index in [-0.39, 0.29) is 17.3 Å². The largest absolute Gasteiger partial charge is 0.450 e. The Hall–Kier alpha value is -2.52. The molecular weight excluding hydrogens is 304 g/mol. The van der Waals surface area contributed by atoms with Crippen molar-refractivity contribution in [3.63, 3.8) is 0 Å². The highest BCUT2D eigenvalue weighted by atomic mass is 32.1. The fourth-order valence-corrected chi connectivity index (χ4v) is 2.11. The number of ether oxygens (including phenoxy) is 1. The highest BCUT2D eigenvalue weighted by molar-refractivity contribution is 7.80. The average Bonchev–Trinajstić information content (AvgIpc) is 2.56. The van der Waals surface area contributed by atoms with Crippen molar-refractivity contribution in [1.82, 2.24) is 0 Å². The minimum atomic E-state index is -0.0383. The number of allylic oxidation sites excluding steroid dienone is 3. The van der Waals surface area contributed by atoms with E-state index in [0.29, 0.717) is 11.3 Å². The minimum absolute atomic E-state index is 0.0383. The third-order valence-corrected chi connectivity index (χ3v) is 3.38. The molecule has 0 aromatic heterocycles. The zero-order chi connectivity index (χ0) is 16.5. The fourth-order valence-electron chi connectivity index (χ4n) is 1.89. The first-order valence-corrected chi connectivity index (χ1v) is 7.75. The maximum absolute atomic E-state index is 12.1. The molecule has 2 rings (SSSR count). The van der Waals surface area contributed by atoms with Gasteiger partial charge in [-0.2, -0.15) is 0 Å². The van der Waals surface area contributed by atoms with E-state index in [4.69, 9.17) is 17.0 Å². The maximum Gasteiger partial charge on any atom is 0.175 e. The Morgan fingerprint density at radius 3 is 2.30 bits per heavy atom. The molecule has 3 heteroatoms. The van der Waals surface area contributed by atoms with Crippen LogP contribution in [0.1, 0.15) is 18.9 Å². The second kappa shape index (κ2) is 8.81. The summed E-state index contributed by atoms with van der Waals surface area (Å²) >= 11 is 5.13. The van der Waals surface area contributed by atoms with Crippen LogP contribution in [-0.2, 0) is 4.79 Å². The summed E-state index contributed by atoms with van der Waals surface area (Å²) in [5.74, 6) is 0.611. The van der Waals surface area contributed by atoms with Crippen LogP contribution in [0.3, 0.4) is 0 Å². The van der Waals surface area contributed by atoms with Gasteiger partial charge < -0.3 is 4.74 Å². The Bertz CT molecular complexity index is 716. The zero-order valence-electron chi connectivity index (χ0n) is 12.9. The number of hydrogen-bond acceptors (Lipinski definition) is 3. The van der Waals surface area contributed by atoms with Crippen LogP contribution < -0.4 is 4.74 Å². The van der Waals surface area contributed by atoms with E-state index in [1.165, 1.54) is 0 Å². The van der Waals surface area contributed by atoms with Gasteiger partial charge in [0, 0.05) is 0 Å². The van der Waals surface area contributed by atoms with Gasteiger partial charge in [-0.25, -0.2) is 0 Å². The second-order valence-corrected chi connectivity index (χ2v) is 5.46. The molecular formula is C20H18O2S. The lowest BCUT2D eigenvalue weighted by Crippen LogP contribution is -2.12. The molecule has 0 unspecified atom stereocenters. The Balaban J connectivity index is 1.88. The quantitative estimate of drug-likeness (QED) is 0.425.